The van der Waals surface area contributed by atoms with Crippen LogP contribution in [0.15, 0.2) is 73.8 Å². The number of carbonyl (C=O) groups is 3. The Kier molecular flexibility index (Phi) is 8.43. The molecule has 1 spiro atoms. The van der Waals surface area contributed by atoms with Gasteiger partial charge in [-0.2, -0.15) is 0 Å². The number of aliphatic hydroxyl groups excluding tert-OH is 1. The lowest BCUT2D eigenvalue weighted by Gasteiger charge is -2.37. The number of fused-ring (bicyclic) bond motifs is 1. The second-order valence-electron chi connectivity index (χ2n) is 10.6. The molecule has 41 heavy (non-hydrogen) atoms. The molecular weight excluding hydrogens is 610 g/mol. The van der Waals surface area contributed by atoms with Gasteiger partial charge in [-0.05, 0) is 37.1 Å². The molecule has 2 bridgehead atoms. The van der Waals surface area contributed by atoms with E-state index in [2.05, 4.69) is 29.1 Å². The number of nitrogens with zero attached hydrogens (tertiary/aromatic N) is 3. The molecule has 3 aliphatic heterocycles. The summed E-state index contributed by atoms with van der Waals surface area (Å²) >= 11 is 10.3. The molecule has 5 rings (SSSR count). The summed E-state index contributed by atoms with van der Waals surface area (Å²) in [5.41, 5.74) is 0.711. The molecular formula is C31H33BrClN3O5. The lowest BCUT2D eigenvalue weighted by atomic mass is 9.70. The van der Waals surface area contributed by atoms with Crippen molar-refractivity contribution in [3.63, 3.8) is 0 Å². The van der Waals surface area contributed by atoms with Crippen LogP contribution in [0.1, 0.15) is 12.0 Å². The Bertz CT molecular complexity index is 1350. The highest BCUT2D eigenvalue weighted by atomic mass is 79.9. The molecule has 216 valence electrons. The summed E-state index contributed by atoms with van der Waals surface area (Å²) < 4.78 is 6.63. The molecule has 0 aliphatic carbocycles. The number of anilines is 2. The zero-order valence-electron chi connectivity index (χ0n) is 22.8. The Morgan fingerprint density at radius 1 is 1.12 bits per heavy atom. The van der Waals surface area contributed by atoms with Gasteiger partial charge in [0.05, 0.1) is 35.3 Å². The van der Waals surface area contributed by atoms with Crippen molar-refractivity contribution in [3.8, 4) is 0 Å². The van der Waals surface area contributed by atoms with Crippen LogP contribution in [0.2, 0.25) is 5.02 Å². The van der Waals surface area contributed by atoms with Crippen molar-refractivity contribution in [2.45, 2.75) is 35.9 Å². The van der Waals surface area contributed by atoms with Crippen LogP contribution in [0.3, 0.4) is 0 Å². The number of aliphatic hydroxyl groups is 1. The summed E-state index contributed by atoms with van der Waals surface area (Å²) in [7, 11) is 0. The number of ether oxygens (including phenoxy) is 1. The number of carbonyl (C=O) groups excluding carboxylic acids is 3. The number of amides is 3. The van der Waals surface area contributed by atoms with Gasteiger partial charge in [0.25, 0.3) is 5.91 Å². The van der Waals surface area contributed by atoms with Crippen molar-refractivity contribution in [2.75, 3.05) is 36.0 Å². The Morgan fingerprint density at radius 2 is 1.80 bits per heavy atom. The van der Waals surface area contributed by atoms with E-state index in [-0.39, 0.29) is 42.9 Å². The third-order valence-corrected chi connectivity index (χ3v) is 9.48. The van der Waals surface area contributed by atoms with E-state index in [9.17, 15) is 19.5 Å². The van der Waals surface area contributed by atoms with E-state index in [4.69, 9.17) is 16.3 Å². The molecule has 0 saturated carbocycles. The smallest absolute Gasteiger partial charge is 0.253 e. The van der Waals surface area contributed by atoms with E-state index in [0.717, 1.165) is 5.56 Å². The molecule has 3 aliphatic rings. The lowest BCUT2D eigenvalue weighted by Crippen LogP contribution is -2.57. The molecule has 3 heterocycles. The van der Waals surface area contributed by atoms with E-state index in [0.29, 0.717) is 22.8 Å². The first-order valence-electron chi connectivity index (χ1n) is 13.6. The highest BCUT2D eigenvalue weighted by molar-refractivity contribution is 9.09. The first kappa shape index (κ1) is 29.5. The van der Waals surface area contributed by atoms with Crippen molar-refractivity contribution in [3.05, 3.63) is 84.4 Å². The van der Waals surface area contributed by atoms with Crippen LogP contribution >= 0.6 is 27.5 Å². The van der Waals surface area contributed by atoms with Crippen LogP contribution in [0.5, 0.6) is 0 Å². The summed E-state index contributed by atoms with van der Waals surface area (Å²) in [5.74, 6) is -2.78. The van der Waals surface area contributed by atoms with Crippen molar-refractivity contribution < 1.29 is 24.2 Å². The Hall–Kier alpha value is -2.98. The number of halogens is 2. The zero-order chi connectivity index (χ0) is 29.5. The minimum absolute atomic E-state index is 0.0755. The molecule has 8 nitrogen and oxygen atoms in total. The second kappa shape index (κ2) is 11.7. The fourth-order valence-corrected chi connectivity index (χ4v) is 8.08. The maximum absolute atomic E-state index is 14.6. The molecule has 3 unspecified atom stereocenters. The number of rotatable bonds is 10. The van der Waals surface area contributed by atoms with Gasteiger partial charge in [-0.15, -0.1) is 13.2 Å². The summed E-state index contributed by atoms with van der Waals surface area (Å²) in [6, 6.07) is 13.5. The molecule has 2 aromatic rings. The quantitative estimate of drug-likeness (QED) is 0.311. The topological polar surface area (TPSA) is 90.4 Å². The number of alkyl halides is 1. The van der Waals surface area contributed by atoms with E-state index >= 15 is 0 Å². The van der Waals surface area contributed by atoms with Crippen molar-refractivity contribution in [1.29, 1.82) is 0 Å². The zero-order valence-corrected chi connectivity index (χ0v) is 25.1. The minimum Gasteiger partial charge on any atom is -0.395 e. The predicted octanol–water partition coefficient (Wildman–Crippen LogP) is 4.13. The first-order chi connectivity index (χ1) is 19.7. The minimum atomic E-state index is -1.27. The van der Waals surface area contributed by atoms with Crippen LogP contribution in [-0.4, -0.2) is 76.5 Å². The maximum Gasteiger partial charge on any atom is 0.253 e. The number of benzene rings is 2. The number of hydrogen-bond acceptors (Lipinski definition) is 5. The summed E-state index contributed by atoms with van der Waals surface area (Å²) in [6.07, 6.45) is 2.98. The Labute approximate surface area is 253 Å². The summed E-state index contributed by atoms with van der Waals surface area (Å²) in [6.45, 7) is 9.48. The van der Waals surface area contributed by atoms with E-state index in [1.807, 2.05) is 43.3 Å². The Morgan fingerprint density at radius 3 is 2.44 bits per heavy atom. The van der Waals surface area contributed by atoms with Gasteiger partial charge in [0.15, 0.2) is 0 Å². The van der Waals surface area contributed by atoms with Gasteiger partial charge >= 0.3 is 0 Å². The van der Waals surface area contributed by atoms with Gasteiger partial charge in [-0.25, -0.2) is 0 Å². The maximum atomic E-state index is 14.6. The molecule has 3 fully saturated rings. The fourth-order valence-electron chi connectivity index (χ4n) is 6.81. The second-order valence-corrected chi connectivity index (χ2v) is 12.2. The fraction of sp³-hybridized carbons (Fsp3) is 0.387. The number of aryl methyl sites for hydroxylation is 1. The largest absolute Gasteiger partial charge is 0.395 e. The molecule has 1 N–H and O–H groups in total. The number of para-hydroxylation sites is 2. The molecule has 3 saturated heterocycles. The van der Waals surface area contributed by atoms with Crippen molar-refractivity contribution in [1.82, 2.24) is 4.90 Å². The normalized spacial score (nSPS) is 28.0. The average molecular weight is 643 g/mol. The number of likely N-dealkylation sites (tertiary alicyclic amines) is 1. The molecule has 10 heteroatoms. The van der Waals surface area contributed by atoms with Gasteiger partial charge < -0.3 is 24.5 Å². The van der Waals surface area contributed by atoms with Crippen LogP contribution < -0.4 is 9.80 Å². The van der Waals surface area contributed by atoms with E-state index < -0.39 is 35.5 Å². The van der Waals surface area contributed by atoms with Gasteiger partial charge in [-0.1, -0.05) is 70.0 Å². The Balaban J connectivity index is 1.60. The van der Waals surface area contributed by atoms with Crippen LogP contribution in [0, 0.1) is 18.8 Å². The van der Waals surface area contributed by atoms with Crippen molar-refractivity contribution >= 4 is 56.6 Å². The van der Waals surface area contributed by atoms with E-state index in [1.54, 1.807) is 29.2 Å². The standard InChI is InChI=1S/C31H33BrClN3O5/c1-4-14-34(20-11-7-6-8-12-20)28(38)23-24-29(39)36(16-17-37)27(31(24)18-21(32)26(23)41-31)30(40)35(15-5-2)25-19(3)10-9-13-22(25)33/h4-13,21,23-24,26-27,37H,1-2,14-18H2,3H3/t21?,23-,24+,26-,27?,31?/m1/s1. The summed E-state index contributed by atoms with van der Waals surface area (Å²) in [4.78, 5) is 47.3. The average Bonchev–Trinajstić information content (AvgIpc) is 3.54. The number of β-amino-alcohol motifs (C(OH)–C–C–N with tert-alkyl or cyclic N) is 1. The molecule has 6 atom stereocenters. The number of hydrogen-bond donors (Lipinski definition) is 1. The molecule has 2 aromatic carbocycles. The van der Waals surface area contributed by atoms with Gasteiger partial charge in [0.1, 0.15) is 11.6 Å². The summed E-state index contributed by atoms with van der Waals surface area (Å²) in [5, 5.41) is 10.4. The highest BCUT2D eigenvalue weighted by Crippen LogP contribution is 2.60. The molecule has 0 radical (unpaired) electrons. The van der Waals surface area contributed by atoms with Gasteiger partial charge in [-0.3, -0.25) is 14.4 Å². The third-order valence-electron chi connectivity index (χ3n) is 8.33. The van der Waals surface area contributed by atoms with Gasteiger partial charge in [0.2, 0.25) is 11.8 Å². The first-order valence-corrected chi connectivity index (χ1v) is 14.9. The van der Waals surface area contributed by atoms with E-state index in [1.165, 1.54) is 9.80 Å². The molecule has 3 amide bonds. The third kappa shape index (κ3) is 4.73. The van der Waals surface area contributed by atoms with Crippen LogP contribution in [-0.2, 0) is 19.1 Å². The van der Waals surface area contributed by atoms with Gasteiger partial charge in [0, 0.05) is 30.1 Å². The van der Waals surface area contributed by atoms with Crippen LogP contribution in [0.25, 0.3) is 0 Å². The monoisotopic (exact) mass is 641 g/mol. The molecule has 0 aromatic heterocycles. The van der Waals surface area contributed by atoms with Crippen LogP contribution in [0.4, 0.5) is 11.4 Å². The highest BCUT2D eigenvalue weighted by Gasteiger charge is 2.77. The van der Waals surface area contributed by atoms with Crippen molar-refractivity contribution in [2.24, 2.45) is 11.8 Å². The lowest BCUT2D eigenvalue weighted by molar-refractivity contribution is -0.141. The SMILES string of the molecule is C=CCN(C(=O)[C@H]1[C@@H]2OC3(CC2Br)C(C(=O)N(CC=C)c2c(C)cccc2Cl)N(CCO)C(=O)[C@H]13)c1ccccc1. The predicted molar refractivity (Wildman–Crippen MR) is 162 cm³/mol.